The largest absolute Gasteiger partial charge is 0.307 e. The zero-order valence-corrected chi connectivity index (χ0v) is 12.7. The lowest BCUT2D eigenvalue weighted by molar-refractivity contribution is 0.597. The Hall–Kier alpha value is -1.21. The molecule has 0 spiro atoms. The summed E-state index contributed by atoms with van der Waals surface area (Å²) in [5.74, 6) is 0.849. The van der Waals surface area contributed by atoms with Crippen LogP contribution in [0.1, 0.15) is 30.1 Å². The Kier molecular flexibility index (Phi) is 3.40. The van der Waals surface area contributed by atoms with E-state index in [4.69, 9.17) is 0 Å². The first kappa shape index (κ1) is 12.8. The molecule has 0 atom stereocenters. The molecule has 0 aromatic carbocycles. The highest BCUT2D eigenvalue weighted by Crippen LogP contribution is 2.21. The lowest BCUT2D eigenvalue weighted by Gasteiger charge is -2.02. The summed E-state index contributed by atoms with van der Waals surface area (Å²) >= 11 is 3.57. The van der Waals surface area contributed by atoms with E-state index in [0.29, 0.717) is 12.6 Å². The molecule has 0 aliphatic heterocycles. The van der Waals surface area contributed by atoms with Crippen LogP contribution >= 0.6 is 15.9 Å². The number of rotatable bonds is 5. The number of halogens is 1. The van der Waals surface area contributed by atoms with Crippen LogP contribution in [0.2, 0.25) is 0 Å². The standard InChI is InChI=1S/C12H17BrN6/c1-8-12(13)10(18(2)16-8)6-19-7-15-11(17-19)5-14-9-3-4-9/h7,9,14H,3-6H2,1-2H3. The second-order valence-corrected chi connectivity index (χ2v) is 5.78. The normalized spacial score (nSPS) is 15.1. The van der Waals surface area contributed by atoms with Gasteiger partial charge < -0.3 is 5.32 Å². The average molecular weight is 325 g/mol. The van der Waals surface area contributed by atoms with Crippen LogP contribution in [0.4, 0.5) is 0 Å². The van der Waals surface area contributed by atoms with Gasteiger partial charge in [0.1, 0.15) is 6.33 Å². The number of nitrogens with one attached hydrogen (secondary N) is 1. The maximum atomic E-state index is 4.48. The van der Waals surface area contributed by atoms with Gasteiger partial charge in [-0.25, -0.2) is 9.67 Å². The third-order valence-electron chi connectivity index (χ3n) is 3.28. The summed E-state index contributed by atoms with van der Waals surface area (Å²) in [5.41, 5.74) is 2.09. The molecule has 0 unspecified atom stereocenters. The number of hydrogen-bond donors (Lipinski definition) is 1. The third kappa shape index (κ3) is 2.87. The monoisotopic (exact) mass is 324 g/mol. The molecule has 2 aromatic rings. The molecule has 1 saturated carbocycles. The number of hydrogen-bond acceptors (Lipinski definition) is 4. The van der Waals surface area contributed by atoms with E-state index in [9.17, 15) is 0 Å². The molecule has 1 aliphatic rings. The summed E-state index contributed by atoms with van der Waals surface area (Å²) in [5, 5.41) is 12.3. The predicted octanol–water partition coefficient (Wildman–Crippen LogP) is 1.38. The van der Waals surface area contributed by atoms with Gasteiger partial charge in [-0.15, -0.1) is 0 Å². The second-order valence-electron chi connectivity index (χ2n) is 4.98. The highest BCUT2D eigenvalue weighted by Gasteiger charge is 2.20. The van der Waals surface area contributed by atoms with E-state index < -0.39 is 0 Å². The highest BCUT2D eigenvalue weighted by molar-refractivity contribution is 9.10. The predicted molar refractivity (Wildman–Crippen MR) is 74.6 cm³/mol. The van der Waals surface area contributed by atoms with Crippen molar-refractivity contribution in [2.75, 3.05) is 0 Å². The second kappa shape index (κ2) is 5.05. The molecule has 1 fully saturated rings. The van der Waals surface area contributed by atoms with E-state index in [-0.39, 0.29) is 0 Å². The third-order valence-corrected chi connectivity index (χ3v) is 4.32. The molecular formula is C12H17BrN6. The van der Waals surface area contributed by atoms with Crippen molar-refractivity contribution in [3.05, 3.63) is 28.0 Å². The molecule has 2 aromatic heterocycles. The Morgan fingerprint density at radius 3 is 2.84 bits per heavy atom. The lowest BCUT2D eigenvalue weighted by atomic mass is 10.4. The van der Waals surface area contributed by atoms with Crippen molar-refractivity contribution in [2.24, 2.45) is 7.05 Å². The van der Waals surface area contributed by atoms with Crippen LogP contribution in [0.25, 0.3) is 0 Å². The molecule has 2 heterocycles. The van der Waals surface area contributed by atoms with Gasteiger partial charge in [0.15, 0.2) is 5.82 Å². The molecule has 0 amide bonds. The molecule has 102 valence electrons. The molecule has 0 bridgehead atoms. The molecule has 19 heavy (non-hydrogen) atoms. The summed E-state index contributed by atoms with van der Waals surface area (Å²) in [4.78, 5) is 4.32. The van der Waals surface area contributed by atoms with Crippen LogP contribution in [-0.2, 0) is 20.1 Å². The van der Waals surface area contributed by atoms with E-state index in [1.807, 2.05) is 23.3 Å². The smallest absolute Gasteiger partial charge is 0.164 e. The van der Waals surface area contributed by atoms with Gasteiger partial charge in [0, 0.05) is 13.1 Å². The van der Waals surface area contributed by atoms with Crippen molar-refractivity contribution < 1.29 is 0 Å². The molecular weight excluding hydrogens is 308 g/mol. The van der Waals surface area contributed by atoms with Crippen molar-refractivity contribution in [1.82, 2.24) is 29.9 Å². The van der Waals surface area contributed by atoms with Gasteiger partial charge in [-0.05, 0) is 35.7 Å². The van der Waals surface area contributed by atoms with E-state index in [2.05, 4.69) is 36.4 Å². The minimum atomic E-state index is 0.675. The van der Waals surface area contributed by atoms with Crippen LogP contribution in [0.15, 0.2) is 10.8 Å². The van der Waals surface area contributed by atoms with Gasteiger partial charge >= 0.3 is 0 Å². The minimum absolute atomic E-state index is 0.675. The Bertz CT molecular complexity index is 583. The first-order valence-electron chi connectivity index (χ1n) is 6.43. The molecule has 7 heteroatoms. The van der Waals surface area contributed by atoms with Crippen LogP contribution in [0, 0.1) is 6.92 Å². The van der Waals surface area contributed by atoms with Gasteiger partial charge in [0.25, 0.3) is 0 Å². The van der Waals surface area contributed by atoms with Crippen LogP contribution in [-0.4, -0.2) is 30.6 Å². The summed E-state index contributed by atoms with van der Waals surface area (Å²) in [6.07, 6.45) is 4.34. The van der Waals surface area contributed by atoms with Gasteiger partial charge in [0.2, 0.25) is 0 Å². The van der Waals surface area contributed by atoms with E-state index in [0.717, 1.165) is 28.2 Å². The minimum Gasteiger partial charge on any atom is -0.307 e. The van der Waals surface area contributed by atoms with Gasteiger partial charge in [-0.1, -0.05) is 0 Å². The van der Waals surface area contributed by atoms with Gasteiger partial charge in [-0.2, -0.15) is 10.2 Å². The number of nitrogens with zero attached hydrogens (tertiary/aromatic N) is 5. The average Bonchev–Trinajstić information content (AvgIpc) is 3.06. The summed E-state index contributed by atoms with van der Waals surface area (Å²) in [7, 11) is 1.94. The highest BCUT2D eigenvalue weighted by atomic mass is 79.9. The summed E-state index contributed by atoms with van der Waals surface area (Å²) < 4.78 is 4.78. The van der Waals surface area contributed by atoms with E-state index in [1.165, 1.54) is 12.8 Å². The Balaban J connectivity index is 1.68. The zero-order valence-electron chi connectivity index (χ0n) is 11.1. The van der Waals surface area contributed by atoms with Crippen molar-refractivity contribution in [3.63, 3.8) is 0 Å². The first-order chi connectivity index (χ1) is 9.13. The SMILES string of the molecule is Cc1nn(C)c(Cn2cnc(CNC3CC3)n2)c1Br. The zero-order chi connectivity index (χ0) is 13.4. The molecule has 1 N–H and O–H groups in total. The summed E-state index contributed by atoms with van der Waals surface area (Å²) in [6, 6.07) is 0.681. The maximum absolute atomic E-state index is 4.48. The molecule has 0 radical (unpaired) electrons. The van der Waals surface area contributed by atoms with Crippen molar-refractivity contribution in [2.45, 2.75) is 38.9 Å². The summed E-state index contributed by atoms with van der Waals surface area (Å²) in [6.45, 7) is 3.41. The fourth-order valence-corrected chi connectivity index (χ4v) is 2.48. The van der Waals surface area contributed by atoms with Crippen LogP contribution in [0.3, 0.4) is 0 Å². The maximum Gasteiger partial charge on any atom is 0.164 e. The topological polar surface area (TPSA) is 60.6 Å². The van der Waals surface area contributed by atoms with Gasteiger partial charge in [-0.3, -0.25) is 4.68 Å². The Morgan fingerprint density at radius 2 is 2.21 bits per heavy atom. The van der Waals surface area contributed by atoms with Crippen molar-refractivity contribution in [1.29, 1.82) is 0 Å². The number of aromatic nitrogens is 5. The van der Waals surface area contributed by atoms with E-state index >= 15 is 0 Å². The molecule has 0 saturated heterocycles. The van der Waals surface area contributed by atoms with E-state index in [1.54, 1.807) is 6.33 Å². The molecule has 6 nitrogen and oxygen atoms in total. The lowest BCUT2D eigenvalue weighted by Crippen LogP contribution is -2.16. The Morgan fingerprint density at radius 1 is 1.42 bits per heavy atom. The quantitative estimate of drug-likeness (QED) is 0.902. The fraction of sp³-hybridized carbons (Fsp3) is 0.583. The van der Waals surface area contributed by atoms with Gasteiger partial charge in [0.05, 0.1) is 29.0 Å². The fourth-order valence-electron chi connectivity index (χ4n) is 2.02. The van der Waals surface area contributed by atoms with Crippen LogP contribution in [0.5, 0.6) is 0 Å². The van der Waals surface area contributed by atoms with Crippen molar-refractivity contribution in [3.8, 4) is 0 Å². The molecule has 1 aliphatic carbocycles. The number of aryl methyl sites for hydroxylation is 2. The molecule has 3 rings (SSSR count). The van der Waals surface area contributed by atoms with Crippen LogP contribution < -0.4 is 5.32 Å². The first-order valence-corrected chi connectivity index (χ1v) is 7.22. The Labute approximate surface area is 120 Å². The van der Waals surface area contributed by atoms with Crippen molar-refractivity contribution >= 4 is 15.9 Å².